The van der Waals surface area contributed by atoms with Crippen LogP contribution in [0.1, 0.15) is 23.7 Å². The molecule has 0 spiro atoms. The zero-order valence-corrected chi connectivity index (χ0v) is 11.1. The smallest absolute Gasteiger partial charge is 0.326 e. The lowest BCUT2D eigenvalue weighted by Gasteiger charge is -2.15. The molecule has 2 N–H and O–H groups in total. The fourth-order valence-electron chi connectivity index (χ4n) is 1.63. The van der Waals surface area contributed by atoms with Crippen molar-refractivity contribution in [2.24, 2.45) is 5.92 Å². The summed E-state index contributed by atoms with van der Waals surface area (Å²) in [6.07, 6.45) is -0.0491. The van der Waals surface area contributed by atoms with Crippen LogP contribution in [0.25, 0.3) is 0 Å². The van der Waals surface area contributed by atoms with Gasteiger partial charge in [-0.05, 0) is 19.4 Å². The molecular weight excluding hydrogens is 278 g/mol. The van der Waals surface area contributed by atoms with Crippen molar-refractivity contribution in [3.63, 3.8) is 0 Å². The van der Waals surface area contributed by atoms with Crippen molar-refractivity contribution in [1.82, 2.24) is 5.32 Å². The molecule has 1 amide bonds. The van der Waals surface area contributed by atoms with Crippen LogP contribution < -0.4 is 5.32 Å². The molecule has 2 atom stereocenters. The molecule has 8 nitrogen and oxygen atoms in total. The second-order valence-electron chi connectivity index (χ2n) is 4.44. The van der Waals surface area contributed by atoms with Crippen molar-refractivity contribution in [3.05, 3.63) is 39.9 Å². The standard InChI is InChI=1S/C13H13N3O5/c1-8(7-14)5-11(13(18)19)15-12(17)9-3-2-4-10(6-9)16(20)21/h2-4,6,8,11H,5H2,1H3,(H,15,17)(H,18,19)/t8-,11-/m0/s1. The number of benzene rings is 1. The Hall–Kier alpha value is -2.95. The number of carboxylic acid groups (broad SMARTS) is 1. The van der Waals surface area contributed by atoms with Crippen LogP contribution in [0, 0.1) is 27.4 Å². The summed E-state index contributed by atoms with van der Waals surface area (Å²) in [5, 5.41) is 30.6. The van der Waals surface area contributed by atoms with Gasteiger partial charge in [-0.1, -0.05) is 6.07 Å². The Balaban J connectivity index is 2.87. The number of nitrogens with one attached hydrogen (secondary N) is 1. The third kappa shape index (κ3) is 4.58. The second kappa shape index (κ2) is 7.00. The summed E-state index contributed by atoms with van der Waals surface area (Å²) in [5.41, 5.74) is -0.278. The summed E-state index contributed by atoms with van der Waals surface area (Å²) >= 11 is 0. The summed E-state index contributed by atoms with van der Waals surface area (Å²) in [4.78, 5) is 33.0. The maximum Gasteiger partial charge on any atom is 0.326 e. The van der Waals surface area contributed by atoms with Crippen molar-refractivity contribution in [2.75, 3.05) is 0 Å². The molecule has 110 valence electrons. The molecule has 1 rings (SSSR count). The fourth-order valence-corrected chi connectivity index (χ4v) is 1.63. The van der Waals surface area contributed by atoms with Gasteiger partial charge < -0.3 is 10.4 Å². The van der Waals surface area contributed by atoms with E-state index in [1.54, 1.807) is 0 Å². The van der Waals surface area contributed by atoms with Crippen molar-refractivity contribution in [3.8, 4) is 6.07 Å². The molecule has 0 bridgehead atoms. The third-order valence-corrected chi connectivity index (χ3v) is 2.73. The highest BCUT2D eigenvalue weighted by atomic mass is 16.6. The highest BCUT2D eigenvalue weighted by Gasteiger charge is 2.23. The molecule has 0 radical (unpaired) electrons. The van der Waals surface area contributed by atoms with E-state index in [4.69, 9.17) is 10.4 Å². The van der Waals surface area contributed by atoms with Crippen LogP contribution in [0.2, 0.25) is 0 Å². The number of hydrogen-bond acceptors (Lipinski definition) is 5. The molecule has 0 unspecified atom stereocenters. The molecule has 1 aromatic rings. The number of nitrogens with zero attached hydrogens (tertiary/aromatic N) is 2. The number of rotatable bonds is 6. The fraction of sp³-hybridized carbons (Fsp3) is 0.308. The first kappa shape index (κ1) is 16.1. The minimum absolute atomic E-state index is 0.0138. The average Bonchev–Trinajstić information content (AvgIpc) is 2.46. The number of carbonyl (C=O) groups is 2. The molecule has 0 aliphatic carbocycles. The summed E-state index contributed by atoms with van der Waals surface area (Å²) in [7, 11) is 0. The molecule has 0 aliphatic rings. The SMILES string of the molecule is C[C@H](C#N)C[C@H](NC(=O)c1cccc([N+](=O)[O-])c1)C(=O)O. The lowest BCUT2D eigenvalue weighted by Crippen LogP contribution is -2.41. The van der Waals surface area contributed by atoms with Crippen molar-refractivity contribution in [1.29, 1.82) is 5.26 Å². The van der Waals surface area contributed by atoms with E-state index in [1.807, 2.05) is 6.07 Å². The Morgan fingerprint density at radius 3 is 2.71 bits per heavy atom. The molecule has 0 aromatic heterocycles. The van der Waals surface area contributed by atoms with E-state index in [2.05, 4.69) is 5.32 Å². The first-order chi connectivity index (χ1) is 9.85. The van der Waals surface area contributed by atoms with Crippen LogP contribution in [-0.2, 0) is 4.79 Å². The van der Waals surface area contributed by atoms with Gasteiger partial charge in [-0.2, -0.15) is 5.26 Å². The lowest BCUT2D eigenvalue weighted by molar-refractivity contribution is -0.384. The monoisotopic (exact) mass is 291 g/mol. The Kier molecular flexibility index (Phi) is 5.37. The van der Waals surface area contributed by atoms with Crippen molar-refractivity contribution in [2.45, 2.75) is 19.4 Å². The zero-order chi connectivity index (χ0) is 16.0. The minimum atomic E-state index is -1.27. The summed E-state index contributed by atoms with van der Waals surface area (Å²) in [6.45, 7) is 1.54. The Morgan fingerprint density at radius 2 is 2.19 bits per heavy atom. The molecule has 0 fully saturated rings. The first-order valence-corrected chi connectivity index (χ1v) is 6.03. The first-order valence-electron chi connectivity index (χ1n) is 6.03. The van der Waals surface area contributed by atoms with Gasteiger partial charge in [0.15, 0.2) is 0 Å². The Labute approximate surface area is 120 Å². The lowest BCUT2D eigenvalue weighted by atomic mass is 10.0. The molecule has 0 aliphatic heterocycles. The number of non-ortho nitro benzene ring substituents is 1. The van der Waals surface area contributed by atoms with E-state index in [1.165, 1.54) is 25.1 Å². The van der Waals surface area contributed by atoms with E-state index in [0.29, 0.717) is 0 Å². The largest absolute Gasteiger partial charge is 0.480 e. The van der Waals surface area contributed by atoms with Gasteiger partial charge in [0.1, 0.15) is 6.04 Å². The average molecular weight is 291 g/mol. The van der Waals surface area contributed by atoms with Gasteiger partial charge in [-0.25, -0.2) is 4.79 Å². The number of hydrogen-bond donors (Lipinski definition) is 2. The number of aliphatic carboxylic acids is 1. The van der Waals surface area contributed by atoms with Gasteiger partial charge in [0.05, 0.1) is 11.0 Å². The number of carbonyl (C=O) groups excluding carboxylic acids is 1. The molecule has 0 saturated carbocycles. The second-order valence-corrected chi connectivity index (χ2v) is 4.44. The number of nitro benzene ring substituents is 1. The molecule has 0 saturated heterocycles. The van der Waals surface area contributed by atoms with Crippen LogP contribution in [0.4, 0.5) is 5.69 Å². The Morgan fingerprint density at radius 1 is 1.52 bits per heavy atom. The molecule has 8 heteroatoms. The third-order valence-electron chi connectivity index (χ3n) is 2.73. The van der Waals surface area contributed by atoms with Crippen molar-refractivity contribution < 1.29 is 19.6 Å². The van der Waals surface area contributed by atoms with E-state index in [-0.39, 0.29) is 17.7 Å². The van der Waals surface area contributed by atoms with Gasteiger partial charge in [0.2, 0.25) is 0 Å². The van der Waals surface area contributed by atoms with E-state index < -0.39 is 28.8 Å². The number of carboxylic acids is 1. The van der Waals surface area contributed by atoms with Crippen LogP contribution in [-0.4, -0.2) is 27.9 Å². The van der Waals surface area contributed by atoms with E-state index in [9.17, 15) is 19.7 Å². The maximum absolute atomic E-state index is 11.9. The van der Waals surface area contributed by atoms with Crippen LogP contribution in [0.3, 0.4) is 0 Å². The molecule has 21 heavy (non-hydrogen) atoms. The van der Waals surface area contributed by atoms with Crippen molar-refractivity contribution >= 4 is 17.6 Å². The summed E-state index contributed by atoms with van der Waals surface area (Å²) < 4.78 is 0. The van der Waals surface area contributed by atoms with E-state index >= 15 is 0 Å². The number of nitriles is 1. The summed E-state index contributed by atoms with van der Waals surface area (Å²) in [6, 6.07) is 5.61. The highest BCUT2D eigenvalue weighted by Crippen LogP contribution is 2.14. The molecule has 0 heterocycles. The van der Waals surface area contributed by atoms with Crippen LogP contribution in [0.15, 0.2) is 24.3 Å². The topological polar surface area (TPSA) is 133 Å². The summed E-state index contributed by atoms with van der Waals surface area (Å²) in [5.74, 6) is -2.55. The van der Waals surface area contributed by atoms with Gasteiger partial charge in [-0.15, -0.1) is 0 Å². The quantitative estimate of drug-likeness (QED) is 0.599. The number of nitro groups is 1. The van der Waals surface area contributed by atoms with Gasteiger partial charge in [0.25, 0.3) is 11.6 Å². The minimum Gasteiger partial charge on any atom is -0.480 e. The predicted molar refractivity (Wildman–Crippen MR) is 71.4 cm³/mol. The maximum atomic E-state index is 11.9. The van der Waals surface area contributed by atoms with Gasteiger partial charge >= 0.3 is 5.97 Å². The molecular formula is C13H13N3O5. The van der Waals surface area contributed by atoms with Crippen LogP contribution >= 0.6 is 0 Å². The molecule has 1 aromatic carbocycles. The number of amides is 1. The highest BCUT2D eigenvalue weighted by molar-refractivity contribution is 5.97. The van der Waals surface area contributed by atoms with Crippen LogP contribution in [0.5, 0.6) is 0 Å². The van der Waals surface area contributed by atoms with E-state index in [0.717, 1.165) is 6.07 Å². The Bertz CT molecular complexity index is 608. The normalized spacial score (nSPS) is 12.8. The van der Waals surface area contributed by atoms with Gasteiger partial charge in [0, 0.05) is 23.6 Å². The van der Waals surface area contributed by atoms with Gasteiger partial charge in [-0.3, -0.25) is 14.9 Å². The zero-order valence-electron chi connectivity index (χ0n) is 11.1. The predicted octanol–water partition coefficient (Wildman–Crippen LogP) is 1.33.